The molecule has 4 rings (SSSR count). The number of hydrogen-bond acceptors (Lipinski definition) is 4. The molecule has 0 bridgehead atoms. The van der Waals surface area contributed by atoms with E-state index in [1.807, 2.05) is 0 Å². The van der Waals surface area contributed by atoms with E-state index < -0.39 is 12.2 Å². The first-order valence-electron chi connectivity index (χ1n) is 9.51. The maximum absolute atomic E-state index is 10.9. The molecule has 4 aliphatic carbocycles. The Morgan fingerprint density at radius 1 is 0.696 bits per heavy atom. The van der Waals surface area contributed by atoms with Crippen LogP contribution in [0.3, 0.4) is 0 Å². The molecule has 4 saturated carbocycles. The van der Waals surface area contributed by atoms with E-state index in [4.69, 9.17) is 0 Å². The molecule has 4 nitrogen and oxygen atoms in total. The van der Waals surface area contributed by atoms with Gasteiger partial charge in [-0.15, -0.1) is 0 Å². The van der Waals surface area contributed by atoms with Crippen LogP contribution in [0.5, 0.6) is 0 Å². The third-order valence-electron chi connectivity index (χ3n) is 8.68. The van der Waals surface area contributed by atoms with Crippen molar-refractivity contribution in [3.8, 4) is 0 Å². The first kappa shape index (κ1) is 16.3. The summed E-state index contributed by atoms with van der Waals surface area (Å²) in [7, 11) is 0. The Morgan fingerprint density at radius 3 is 2.09 bits per heavy atom. The van der Waals surface area contributed by atoms with Gasteiger partial charge in [-0.1, -0.05) is 13.8 Å². The highest BCUT2D eigenvalue weighted by atomic mass is 16.3. The maximum Gasteiger partial charge on any atom is 0.0836 e. The second kappa shape index (κ2) is 5.17. The van der Waals surface area contributed by atoms with Gasteiger partial charge in [-0.05, 0) is 79.4 Å². The van der Waals surface area contributed by atoms with Gasteiger partial charge >= 0.3 is 0 Å². The molecule has 4 N–H and O–H groups in total. The second-order valence-electron chi connectivity index (χ2n) is 9.45. The van der Waals surface area contributed by atoms with Crippen molar-refractivity contribution in [3.05, 3.63) is 0 Å². The van der Waals surface area contributed by atoms with Gasteiger partial charge < -0.3 is 20.4 Å². The van der Waals surface area contributed by atoms with E-state index in [0.29, 0.717) is 18.3 Å². The maximum atomic E-state index is 10.9. The number of aliphatic hydroxyl groups excluding tert-OH is 4. The molecular weight excluding hydrogens is 292 g/mol. The summed E-state index contributed by atoms with van der Waals surface area (Å²) in [6.07, 6.45) is 4.15. The molecule has 23 heavy (non-hydrogen) atoms. The van der Waals surface area contributed by atoms with Crippen LogP contribution in [0.25, 0.3) is 0 Å². The molecule has 4 aliphatic rings. The first-order chi connectivity index (χ1) is 10.8. The molecule has 3 unspecified atom stereocenters. The standard InChI is InChI=1S/C19H32O4/c1-18-7-5-10(20)9-13(18)16(22)17(23)15-11-3-4-14(21)19(11,2)8-6-12(15)18/h10-17,20-23H,3-9H2,1-2H3/t10-,11?,12?,13?,14-,15-,16-,17+,18+,19-/m0/s1. The molecule has 0 heterocycles. The molecule has 0 aromatic heterocycles. The Hall–Kier alpha value is -0.160. The average molecular weight is 324 g/mol. The highest BCUT2D eigenvalue weighted by Gasteiger charge is 2.64. The molecule has 0 amide bonds. The van der Waals surface area contributed by atoms with Crippen LogP contribution < -0.4 is 0 Å². The van der Waals surface area contributed by atoms with Crippen molar-refractivity contribution < 1.29 is 20.4 Å². The van der Waals surface area contributed by atoms with Crippen LogP contribution in [-0.4, -0.2) is 44.8 Å². The van der Waals surface area contributed by atoms with Crippen molar-refractivity contribution in [2.75, 3.05) is 0 Å². The summed E-state index contributed by atoms with van der Waals surface area (Å²) in [6, 6.07) is 0. The molecule has 0 aromatic rings. The van der Waals surface area contributed by atoms with Gasteiger partial charge in [-0.3, -0.25) is 0 Å². The highest BCUT2D eigenvalue weighted by Crippen LogP contribution is 2.66. The van der Waals surface area contributed by atoms with Crippen molar-refractivity contribution in [2.24, 2.45) is 34.5 Å². The Labute approximate surface area is 138 Å². The van der Waals surface area contributed by atoms with E-state index in [1.54, 1.807) is 0 Å². The van der Waals surface area contributed by atoms with Gasteiger partial charge in [0.05, 0.1) is 24.4 Å². The van der Waals surface area contributed by atoms with Crippen LogP contribution >= 0.6 is 0 Å². The van der Waals surface area contributed by atoms with Gasteiger partial charge in [0.1, 0.15) is 0 Å². The minimum atomic E-state index is -0.740. The number of aliphatic hydroxyl groups is 4. The molecule has 4 heteroatoms. The minimum absolute atomic E-state index is 0.00168. The third kappa shape index (κ3) is 2.04. The van der Waals surface area contributed by atoms with Gasteiger partial charge in [0.2, 0.25) is 0 Å². The molecule has 0 aliphatic heterocycles. The van der Waals surface area contributed by atoms with Gasteiger partial charge in [0.15, 0.2) is 0 Å². The van der Waals surface area contributed by atoms with Crippen LogP contribution in [0.4, 0.5) is 0 Å². The topological polar surface area (TPSA) is 80.9 Å². The summed E-state index contributed by atoms with van der Waals surface area (Å²) in [5, 5.41) is 42.3. The lowest BCUT2D eigenvalue weighted by Gasteiger charge is -2.63. The zero-order valence-electron chi connectivity index (χ0n) is 14.4. The fourth-order valence-electron chi connectivity index (χ4n) is 7.21. The van der Waals surface area contributed by atoms with Crippen molar-refractivity contribution in [1.82, 2.24) is 0 Å². The first-order valence-corrected chi connectivity index (χ1v) is 9.51. The Balaban J connectivity index is 1.72. The molecule has 4 fully saturated rings. The lowest BCUT2D eigenvalue weighted by Crippen LogP contribution is -2.64. The lowest BCUT2D eigenvalue weighted by atomic mass is 9.43. The van der Waals surface area contributed by atoms with Gasteiger partial charge in [-0.25, -0.2) is 0 Å². The van der Waals surface area contributed by atoms with Crippen molar-refractivity contribution in [1.29, 1.82) is 0 Å². The quantitative estimate of drug-likeness (QED) is 0.547. The minimum Gasteiger partial charge on any atom is -0.393 e. The number of hydrogen-bond donors (Lipinski definition) is 4. The van der Waals surface area contributed by atoms with E-state index >= 15 is 0 Å². The monoisotopic (exact) mass is 324 g/mol. The summed E-state index contributed by atoms with van der Waals surface area (Å²) in [4.78, 5) is 0. The largest absolute Gasteiger partial charge is 0.393 e. The van der Waals surface area contributed by atoms with E-state index in [1.165, 1.54) is 0 Å². The zero-order valence-corrected chi connectivity index (χ0v) is 14.4. The van der Waals surface area contributed by atoms with E-state index in [2.05, 4.69) is 13.8 Å². The summed E-state index contributed by atoms with van der Waals surface area (Å²) in [5.74, 6) is 0.808. The predicted octanol–water partition coefficient (Wildman–Crippen LogP) is 1.69. The fraction of sp³-hybridized carbons (Fsp3) is 1.00. The van der Waals surface area contributed by atoms with E-state index in [-0.39, 0.29) is 34.9 Å². The van der Waals surface area contributed by atoms with Gasteiger partial charge in [-0.2, -0.15) is 0 Å². The molecular formula is C19H32O4. The number of rotatable bonds is 0. The number of fused-ring (bicyclic) bond motifs is 5. The van der Waals surface area contributed by atoms with Gasteiger partial charge in [0, 0.05) is 0 Å². The third-order valence-corrected chi connectivity index (χ3v) is 8.68. The molecule has 0 radical (unpaired) electrons. The smallest absolute Gasteiger partial charge is 0.0836 e. The summed E-state index contributed by atoms with van der Waals surface area (Å²) >= 11 is 0. The van der Waals surface area contributed by atoms with E-state index in [9.17, 15) is 20.4 Å². The SMILES string of the molecule is C[C@]12CC[C@H](O)CC1[C@H](O)[C@H](O)[C@@H]1C2CC[C@@]2(C)C1CC[C@@H]2O. The summed E-state index contributed by atoms with van der Waals surface area (Å²) in [6.45, 7) is 4.47. The van der Waals surface area contributed by atoms with E-state index in [0.717, 1.165) is 38.5 Å². The molecule has 0 spiro atoms. The normalized spacial score (nSPS) is 62.3. The van der Waals surface area contributed by atoms with Gasteiger partial charge in [0.25, 0.3) is 0 Å². The van der Waals surface area contributed by atoms with Crippen LogP contribution in [0, 0.1) is 34.5 Å². The predicted molar refractivity (Wildman–Crippen MR) is 86.5 cm³/mol. The zero-order chi connectivity index (χ0) is 16.6. The highest BCUT2D eigenvalue weighted by molar-refractivity contribution is 5.13. The molecule has 132 valence electrons. The fourth-order valence-corrected chi connectivity index (χ4v) is 7.21. The molecule has 0 aromatic carbocycles. The Morgan fingerprint density at radius 2 is 1.35 bits per heavy atom. The Bertz CT molecular complexity index is 482. The Kier molecular flexibility index (Phi) is 3.67. The van der Waals surface area contributed by atoms with Crippen LogP contribution in [-0.2, 0) is 0 Å². The average Bonchev–Trinajstić information content (AvgIpc) is 2.82. The van der Waals surface area contributed by atoms with Crippen molar-refractivity contribution >= 4 is 0 Å². The lowest BCUT2D eigenvalue weighted by molar-refractivity contribution is -0.224. The summed E-state index contributed by atoms with van der Waals surface area (Å²) < 4.78 is 0. The van der Waals surface area contributed by atoms with Crippen molar-refractivity contribution in [3.63, 3.8) is 0 Å². The van der Waals surface area contributed by atoms with Crippen LogP contribution in [0.1, 0.15) is 58.8 Å². The van der Waals surface area contributed by atoms with Crippen LogP contribution in [0.15, 0.2) is 0 Å². The second-order valence-corrected chi connectivity index (χ2v) is 9.45. The molecule has 0 saturated heterocycles. The molecule has 10 atom stereocenters. The van der Waals surface area contributed by atoms with Crippen molar-refractivity contribution in [2.45, 2.75) is 83.2 Å². The summed E-state index contributed by atoms with van der Waals surface area (Å²) in [5.41, 5.74) is -0.0866. The van der Waals surface area contributed by atoms with Crippen LogP contribution in [0.2, 0.25) is 0 Å².